The maximum atomic E-state index is 11.9. The van der Waals surface area contributed by atoms with Crippen LogP contribution in [0.25, 0.3) is 11.0 Å². The lowest BCUT2D eigenvalue weighted by atomic mass is 10.2. The second-order valence-electron chi connectivity index (χ2n) is 4.46. The molecule has 106 valence electrons. The number of hydrogen-bond acceptors (Lipinski definition) is 3. The molecule has 0 fully saturated rings. The Balaban J connectivity index is 2.23. The molecule has 2 amide bonds. The first kappa shape index (κ1) is 14.0. The average molecular weight is 274 g/mol. The minimum atomic E-state index is -0.350. The maximum absolute atomic E-state index is 11.9. The number of amides is 2. The summed E-state index contributed by atoms with van der Waals surface area (Å²) in [6, 6.07) is 5.32. The molecule has 0 bridgehead atoms. The Bertz CT molecular complexity index is 660. The lowest BCUT2D eigenvalue weighted by Crippen LogP contribution is -2.41. The fourth-order valence-corrected chi connectivity index (χ4v) is 2.08. The van der Waals surface area contributed by atoms with Crippen molar-refractivity contribution in [3.05, 3.63) is 29.6 Å². The van der Waals surface area contributed by atoms with Crippen LogP contribution >= 0.6 is 0 Å². The molecule has 6 heteroatoms. The summed E-state index contributed by atoms with van der Waals surface area (Å²) < 4.78 is 2.08. The molecule has 1 aromatic heterocycles. The first-order valence-corrected chi connectivity index (χ1v) is 6.62. The van der Waals surface area contributed by atoms with Crippen molar-refractivity contribution in [3.63, 3.8) is 0 Å². The smallest absolute Gasteiger partial charge is 0.269 e. The van der Waals surface area contributed by atoms with Gasteiger partial charge in [0.25, 0.3) is 5.91 Å². The molecule has 0 saturated carbocycles. The van der Waals surface area contributed by atoms with E-state index >= 15 is 0 Å². The number of rotatable bonds is 3. The zero-order valence-corrected chi connectivity index (χ0v) is 11.9. The molecule has 0 unspecified atom stereocenters. The van der Waals surface area contributed by atoms with Crippen LogP contribution in [-0.4, -0.2) is 21.4 Å². The Morgan fingerprint density at radius 3 is 2.65 bits per heavy atom. The van der Waals surface area contributed by atoms with E-state index in [4.69, 9.17) is 0 Å². The fraction of sp³-hybridized carbons (Fsp3) is 0.357. The lowest BCUT2D eigenvalue weighted by Gasteiger charge is -2.06. The van der Waals surface area contributed by atoms with Gasteiger partial charge in [-0.25, -0.2) is 4.98 Å². The zero-order chi connectivity index (χ0) is 14.7. The predicted molar refractivity (Wildman–Crippen MR) is 76.0 cm³/mol. The van der Waals surface area contributed by atoms with Gasteiger partial charge >= 0.3 is 0 Å². The van der Waals surface area contributed by atoms with Crippen LogP contribution in [0.5, 0.6) is 0 Å². The van der Waals surface area contributed by atoms with E-state index in [1.54, 1.807) is 19.1 Å². The van der Waals surface area contributed by atoms with Crippen LogP contribution in [0.3, 0.4) is 0 Å². The standard InChI is InChI=1S/C14H18N4O2/c1-4-13(19)16-17-14(20)10-6-7-12-11(8-10)15-9(3)18(12)5-2/h6-8H,4-5H2,1-3H3,(H,16,19)(H,17,20). The van der Waals surface area contributed by atoms with Gasteiger partial charge in [0.05, 0.1) is 11.0 Å². The van der Waals surface area contributed by atoms with Gasteiger partial charge in [0.2, 0.25) is 5.91 Å². The van der Waals surface area contributed by atoms with Crippen LogP contribution in [0.1, 0.15) is 36.5 Å². The minimum Gasteiger partial charge on any atom is -0.329 e. The quantitative estimate of drug-likeness (QED) is 0.833. The van der Waals surface area contributed by atoms with E-state index in [1.807, 2.05) is 13.0 Å². The third-order valence-electron chi connectivity index (χ3n) is 3.15. The molecule has 0 radical (unpaired) electrons. The Morgan fingerprint density at radius 1 is 1.25 bits per heavy atom. The highest BCUT2D eigenvalue weighted by atomic mass is 16.2. The molecule has 0 aliphatic heterocycles. The number of hydrogen-bond donors (Lipinski definition) is 2. The summed E-state index contributed by atoms with van der Waals surface area (Å²) in [7, 11) is 0. The topological polar surface area (TPSA) is 76.0 Å². The molecular weight excluding hydrogens is 256 g/mol. The number of nitrogens with zero attached hydrogens (tertiary/aromatic N) is 2. The summed E-state index contributed by atoms with van der Waals surface area (Å²) >= 11 is 0. The van der Waals surface area contributed by atoms with Gasteiger partial charge in [0, 0.05) is 18.5 Å². The number of carbonyl (C=O) groups is 2. The van der Waals surface area contributed by atoms with E-state index < -0.39 is 0 Å². The van der Waals surface area contributed by atoms with Crippen molar-refractivity contribution in [1.29, 1.82) is 0 Å². The Kier molecular flexibility index (Phi) is 4.02. The Morgan fingerprint density at radius 2 is 2.00 bits per heavy atom. The predicted octanol–water partition coefficient (Wildman–Crippen LogP) is 1.54. The third-order valence-corrected chi connectivity index (χ3v) is 3.15. The normalized spacial score (nSPS) is 10.6. The van der Waals surface area contributed by atoms with Crippen molar-refractivity contribution in [2.45, 2.75) is 33.7 Å². The van der Waals surface area contributed by atoms with E-state index in [2.05, 4.69) is 27.3 Å². The first-order chi connectivity index (χ1) is 9.56. The van der Waals surface area contributed by atoms with Crippen molar-refractivity contribution in [2.75, 3.05) is 0 Å². The highest BCUT2D eigenvalue weighted by Gasteiger charge is 2.11. The number of aryl methyl sites for hydroxylation is 2. The highest BCUT2D eigenvalue weighted by Crippen LogP contribution is 2.17. The van der Waals surface area contributed by atoms with Crippen molar-refractivity contribution in [1.82, 2.24) is 20.4 Å². The van der Waals surface area contributed by atoms with Crippen molar-refractivity contribution < 1.29 is 9.59 Å². The summed E-state index contributed by atoms with van der Waals surface area (Å²) in [6.07, 6.45) is 0.319. The monoisotopic (exact) mass is 274 g/mol. The molecule has 0 atom stereocenters. The molecule has 6 nitrogen and oxygen atoms in total. The van der Waals surface area contributed by atoms with Gasteiger partial charge in [-0.15, -0.1) is 0 Å². The Labute approximate surface area is 117 Å². The number of hydrazine groups is 1. The summed E-state index contributed by atoms with van der Waals surface area (Å²) in [4.78, 5) is 27.4. The van der Waals surface area contributed by atoms with E-state index in [0.29, 0.717) is 12.0 Å². The molecular formula is C14H18N4O2. The van der Waals surface area contributed by atoms with Crippen LogP contribution in [0.4, 0.5) is 0 Å². The summed E-state index contributed by atoms with van der Waals surface area (Å²) in [5.41, 5.74) is 6.96. The van der Waals surface area contributed by atoms with Crippen LogP contribution in [0, 0.1) is 6.92 Å². The summed E-state index contributed by atoms with van der Waals surface area (Å²) in [5, 5.41) is 0. The second kappa shape index (κ2) is 5.73. The number of fused-ring (bicyclic) bond motifs is 1. The summed E-state index contributed by atoms with van der Waals surface area (Å²) in [5.74, 6) is 0.335. The molecule has 1 aromatic carbocycles. The number of carbonyl (C=O) groups excluding carboxylic acids is 2. The second-order valence-corrected chi connectivity index (χ2v) is 4.46. The molecule has 1 heterocycles. The molecule has 2 rings (SSSR count). The number of aromatic nitrogens is 2. The van der Waals surface area contributed by atoms with E-state index in [-0.39, 0.29) is 11.8 Å². The molecule has 2 N–H and O–H groups in total. The van der Waals surface area contributed by atoms with Crippen LogP contribution in [-0.2, 0) is 11.3 Å². The fourth-order valence-electron chi connectivity index (χ4n) is 2.08. The van der Waals surface area contributed by atoms with Gasteiger partial charge in [0.15, 0.2) is 0 Å². The molecule has 0 aliphatic carbocycles. The average Bonchev–Trinajstić information content (AvgIpc) is 2.78. The van der Waals surface area contributed by atoms with Crippen LogP contribution < -0.4 is 10.9 Å². The SMILES string of the molecule is CCC(=O)NNC(=O)c1ccc2c(c1)nc(C)n2CC. The molecule has 0 aliphatic rings. The van der Waals surface area contributed by atoms with E-state index in [0.717, 1.165) is 23.4 Å². The highest BCUT2D eigenvalue weighted by molar-refractivity contribution is 5.98. The first-order valence-electron chi connectivity index (χ1n) is 6.62. The molecule has 0 saturated heterocycles. The van der Waals surface area contributed by atoms with Gasteiger partial charge < -0.3 is 4.57 Å². The number of imidazole rings is 1. The maximum Gasteiger partial charge on any atom is 0.269 e. The summed E-state index contributed by atoms with van der Waals surface area (Å²) in [6.45, 7) is 6.54. The van der Waals surface area contributed by atoms with Gasteiger partial charge in [-0.05, 0) is 32.0 Å². The zero-order valence-electron chi connectivity index (χ0n) is 11.9. The molecule has 20 heavy (non-hydrogen) atoms. The third kappa shape index (κ3) is 2.64. The van der Waals surface area contributed by atoms with Crippen molar-refractivity contribution in [3.8, 4) is 0 Å². The van der Waals surface area contributed by atoms with Crippen molar-refractivity contribution in [2.24, 2.45) is 0 Å². The number of benzene rings is 1. The molecule has 0 spiro atoms. The van der Waals surface area contributed by atoms with Gasteiger partial charge in [-0.3, -0.25) is 20.4 Å². The lowest BCUT2D eigenvalue weighted by molar-refractivity contribution is -0.121. The van der Waals surface area contributed by atoms with Gasteiger partial charge in [-0.1, -0.05) is 6.92 Å². The van der Waals surface area contributed by atoms with Crippen LogP contribution in [0.2, 0.25) is 0 Å². The van der Waals surface area contributed by atoms with Crippen LogP contribution in [0.15, 0.2) is 18.2 Å². The van der Waals surface area contributed by atoms with Gasteiger partial charge in [-0.2, -0.15) is 0 Å². The molecule has 2 aromatic rings. The van der Waals surface area contributed by atoms with Crippen molar-refractivity contribution >= 4 is 22.8 Å². The van der Waals surface area contributed by atoms with E-state index in [9.17, 15) is 9.59 Å². The minimum absolute atomic E-state index is 0.231. The Hall–Kier alpha value is -2.37. The van der Waals surface area contributed by atoms with E-state index in [1.165, 1.54) is 0 Å². The van der Waals surface area contributed by atoms with Gasteiger partial charge in [0.1, 0.15) is 5.82 Å². The number of nitrogens with one attached hydrogen (secondary N) is 2. The largest absolute Gasteiger partial charge is 0.329 e.